The van der Waals surface area contributed by atoms with E-state index in [4.69, 9.17) is 4.74 Å². The second kappa shape index (κ2) is 6.65. The van der Waals surface area contributed by atoms with Gasteiger partial charge < -0.3 is 4.74 Å². The standard InChI is InChI=1S/C15H13FINO/c1-2-19-15-8-7-11(9-13(15)17)10-18-14-6-4-3-5-12(14)16/h3-10H,2H2,1H3. The van der Waals surface area contributed by atoms with Gasteiger partial charge in [-0.3, -0.25) is 4.99 Å². The molecule has 0 radical (unpaired) electrons. The van der Waals surface area contributed by atoms with Gasteiger partial charge in [-0.25, -0.2) is 4.39 Å². The first-order chi connectivity index (χ1) is 9.20. The number of rotatable bonds is 4. The van der Waals surface area contributed by atoms with E-state index < -0.39 is 0 Å². The monoisotopic (exact) mass is 369 g/mol. The molecule has 0 unspecified atom stereocenters. The van der Waals surface area contributed by atoms with Crippen molar-refractivity contribution in [3.8, 4) is 5.75 Å². The van der Waals surface area contributed by atoms with E-state index in [-0.39, 0.29) is 5.82 Å². The highest BCUT2D eigenvalue weighted by Gasteiger charge is 2.01. The zero-order valence-electron chi connectivity index (χ0n) is 10.4. The molecular weight excluding hydrogens is 356 g/mol. The van der Waals surface area contributed by atoms with Crippen LogP contribution < -0.4 is 4.74 Å². The number of benzene rings is 2. The Labute approximate surface area is 125 Å². The van der Waals surface area contributed by atoms with Crippen molar-refractivity contribution in [2.75, 3.05) is 6.61 Å². The Hall–Kier alpha value is -1.43. The van der Waals surface area contributed by atoms with Gasteiger partial charge in [-0.05, 0) is 65.4 Å². The van der Waals surface area contributed by atoms with Gasteiger partial charge in [0.2, 0.25) is 0 Å². The number of para-hydroxylation sites is 1. The molecule has 2 aromatic carbocycles. The third kappa shape index (κ3) is 3.76. The Morgan fingerprint density at radius 3 is 2.74 bits per heavy atom. The van der Waals surface area contributed by atoms with Crippen LogP contribution in [0.5, 0.6) is 5.75 Å². The minimum atomic E-state index is -0.320. The van der Waals surface area contributed by atoms with Gasteiger partial charge in [0.1, 0.15) is 11.6 Å². The van der Waals surface area contributed by atoms with E-state index in [0.717, 1.165) is 14.9 Å². The number of halogens is 2. The molecule has 0 fully saturated rings. The third-order valence-electron chi connectivity index (χ3n) is 2.46. The van der Waals surface area contributed by atoms with Gasteiger partial charge in [0.05, 0.1) is 15.9 Å². The number of hydrogen-bond donors (Lipinski definition) is 0. The molecule has 0 heterocycles. The molecule has 2 nitrogen and oxygen atoms in total. The third-order valence-corrected chi connectivity index (χ3v) is 3.30. The predicted molar refractivity (Wildman–Crippen MR) is 84.0 cm³/mol. The van der Waals surface area contributed by atoms with Gasteiger partial charge in [-0.15, -0.1) is 0 Å². The summed E-state index contributed by atoms with van der Waals surface area (Å²) in [5.74, 6) is 0.533. The Bertz CT molecular complexity index is 598. The van der Waals surface area contributed by atoms with E-state index >= 15 is 0 Å². The fraction of sp³-hybridized carbons (Fsp3) is 0.133. The molecule has 0 N–H and O–H groups in total. The van der Waals surface area contributed by atoms with Gasteiger partial charge in [-0.2, -0.15) is 0 Å². The molecule has 2 aromatic rings. The zero-order valence-corrected chi connectivity index (χ0v) is 12.6. The predicted octanol–water partition coefficient (Wildman–Crippen LogP) is 4.58. The van der Waals surface area contributed by atoms with Crippen molar-refractivity contribution in [2.45, 2.75) is 6.92 Å². The lowest BCUT2D eigenvalue weighted by Crippen LogP contribution is -1.94. The van der Waals surface area contributed by atoms with Crippen LogP contribution in [0, 0.1) is 9.39 Å². The number of nitrogens with zero attached hydrogens (tertiary/aromatic N) is 1. The molecule has 2 rings (SSSR count). The number of ether oxygens (including phenoxy) is 1. The molecule has 0 saturated carbocycles. The summed E-state index contributed by atoms with van der Waals surface area (Å²) in [5.41, 5.74) is 1.25. The first-order valence-electron chi connectivity index (χ1n) is 5.91. The topological polar surface area (TPSA) is 21.6 Å². The van der Waals surface area contributed by atoms with Crippen molar-refractivity contribution in [2.24, 2.45) is 4.99 Å². The van der Waals surface area contributed by atoms with Crippen LogP contribution in [0.2, 0.25) is 0 Å². The van der Waals surface area contributed by atoms with E-state index in [0.29, 0.717) is 12.3 Å². The molecule has 0 spiro atoms. The van der Waals surface area contributed by atoms with Gasteiger partial charge in [0.15, 0.2) is 0 Å². The lowest BCUT2D eigenvalue weighted by atomic mass is 10.2. The van der Waals surface area contributed by atoms with Crippen LogP contribution in [0.1, 0.15) is 12.5 Å². The van der Waals surface area contributed by atoms with Gasteiger partial charge >= 0.3 is 0 Å². The SMILES string of the molecule is CCOc1ccc(C=Nc2ccccc2F)cc1I. The second-order valence-electron chi connectivity index (χ2n) is 3.83. The largest absolute Gasteiger partial charge is 0.493 e. The average molecular weight is 369 g/mol. The maximum atomic E-state index is 13.4. The molecule has 0 aromatic heterocycles. The number of hydrogen-bond acceptors (Lipinski definition) is 2. The molecule has 4 heteroatoms. The van der Waals surface area contributed by atoms with Crippen molar-refractivity contribution in [3.63, 3.8) is 0 Å². The summed E-state index contributed by atoms with van der Waals surface area (Å²) in [5, 5.41) is 0. The van der Waals surface area contributed by atoms with Gasteiger partial charge in [0, 0.05) is 6.21 Å². The Morgan fingerprint density at radius 1 is 1.26 bits per heavy atom. The van der Waals surface area contributed by atoms with E-state index in [9.17, 15) is 4.39 Å². The van der Waals surface area contributed by atoms with Crippen LogP contribution in [0.3, 0.4) is 0 Å². The maximum Gasteiger partial charge on any atom is 0.148 e. The van der Waals surface area contributed by atoms with E-state index in [1.807, 2.05) is 25.1 Å². The first kappa shape index (κ1) is 14.0. The molecule has 0 amide bonds. The van der Waals surface area contributed by atoms with Crippen LogP contribution in [-0.2, 0) is 0 Å². The highest BCUT2D eigenvalue weighted by molar-refractivity contribution is 14.1. The van der Waals surface area contributed by atoms with Gasteiger partial charge in [-0.1, -0.05) is 12.1 Å². The highest BCUT2D eigenvalue weighted by Crippen LogP contribution is 2.22. The Balaban J connectivity index is 2.20. The lowest BCUT2D eigenvalue weighted by Gasteiger charge is -2.05. The summed E-state index contributed by atoms with van der Waals surface area (Å²) >= 11 is 2.21. The summed E-state index contributed by atoms with van der Waals surface area (Å²) in [6.07, 6.45) is 1.65. The lowest BCUT2D eigenvalue weighted by molar-refractivity contribution is 0.338. The van der Waals surface area contributed by atoms with Crippen molar-refractivity contribution < 1.29 is 9.13 Å². The molecule has 98 valence electrons. The summed E-state index contributed by atoms with van der Waals surface area (Å²) in [6.45, 7) is 2.59. The molecule has 0 bridgehead atoms. The number of aliphatic imine (C=N–C) groups is 1. The van der Waals surface area contributed by atoms with Gasteiger partial charge in [0.25, 0.3) is 0 Å². The summed E-state index contributed by atoms with van der Waals surface area (Å²) in [6, 6.07) is 12.2. The normalized spacial score (nSPS) is 10.9. The molecule has 0 atom stereocenters. The average Bonchev–Trinajstić information content (AvgIpc) is 2.41. The smallest absolute Gasteiger partial charge is 0.148 e. The first-order valence-corrected chi connectivity index (χ1v) is 6.99. The van der Waals surface area contributed by atoms with Crippen molar-refractivity contribution in [1.29, 1.82) is 0 Å². The highest BCUT2D eigenvalue weighted by atomic mass is 127. The molecular formula is C15H13FINO. The minimum absolute atomic E-state index is 0.320. The molecule has 0 saturated heterocycles. The van der Waals surface area contributed by atoms with Crippen LogP contribution in [0.15, 0.2) is 47.5 Å². The fourth-order valence-electron chi connectivity index (χ4n) is 1.57. The van der Waals surface area contributed by atoms with E-state index in [1.54, 1.807) is 24.4 Å². The molecule has 0 aliphatic heterocycles. The van der Waals surface area contributed by atoms with Crippen LogP contribution in [-0.4, -0.2) is 12.8 Å². The van der Waals surface area contributed by atoms with Crippen molar-refractivity contribution in [3.05, 3.63) is 57.4 Å². The van der Waals surface area contributed by atoms with Crippen LogP contribution >= 0.6 is 22.6 Å². The molecule has 0 aliphatic rings. The van der Waals surface area contributed by atoms with Crippen molar-refractivity contribution in [1.82, 2.24) is 0 Å². The summed E-state index contributed by atoms with van der Waals surface area (Å²) in [7, 11) is 0. The second-order valence-corrected chi connectivity index (χ2v) is 4.99. The maximum absolute atomic E-state index is 13.4. The summed E-state index contributed by atoms with van der Waals surface area (Å²) < 4.78 is 19.9. The zero-order chi connectivity index (χ0) is 13.7. The molecule has 19 heavy (non-hydrogen) atoms. The minimum Gasteiger partial charge on any atom is -0.493 e. The Kier molecular flexibility index (Phi) is 4.90. The van der Waals surface area contributed by atoms with Crippen molar-refractivity contribution >= 4 is 34.5 Å². The van der Waals surface area contributed by atoms with E-state index in [1.165, 1.54) is 6.07 Å². The molecule has 0 aliphatic carbocycles. The quantitative estimate of drug-likeness (QED) is 0.571. The van der Waals surface area contributed by atoms with Crippen LogP contribution in [0.4, 0.5) is 10.1 Å². The van der Waals surface area contributed by atoms with E-state index in [2.05, 4.69) is 27.6 Å². The fourth-order valence-corrected chi connectivity index (χ4v) is 2.27. The Morgan fingerprint density at radius 2 is 2.05 bits per heavy atom. The summed E-state index contributed by atoms with van der Waals surface area (Å²) in [4.78, 5) is 4.15. The van der Waals surface area contributed by atoms with Crippen LogP contribution in [0.25, 0.3) is 0 Å².